The maximum atomic E-state index is 12.1. The number of para-hydroxylation sites is 1. The van der Waals surface area contributed by atoms with Crippen LogP contribution in [-0.2, 0) is 20.8 Å². The Morgan fingerprint density at radius 2 is 2.05 bits per heavy atom. The number of nitrogens with zero attached hydrogens (tertiary/aromatic N) is 1. The van der Waals surface area contributed by atoms with Crippen LogP contribution in [0.15, 0.2) is 24.3 Å². The zero-order valence-corrected chi connectivity index (χ0v) is 11.3. The molecular weight excluding hydrogens is 276 g/mol. The van der Waals surface area contributed by atoms with E-state index < -0.39 is 17.9 Å². The summed E-state index contributed by atoms with van der Waals surface area (Å²) in [7, 11) is 0. The van der Waals surface area contributed by atoms with E-state index in [-0.39, 0.29) is 37.6 Å². The molecule has 1 atom stereocenters. The largest absolute Gasteiger partial charge is 0.508 e. The summed E-state index contributed by atoms with van der Waals surface area (Å²) >= 11 is 0. The minimum Gasteiger partial charge on any atom is -0.508 e. The van der Waals surface area contributed by atoms with Crippen molar-refractivity contribution in [2.24, 2.45) is 0 Å². The molecule has 2 rings (SSSR count). The van der Waals surface area contributed by atoms with Crippen LogP contribution >= 0.6 is 0 Å². The lowest BCUT2D eigenvalue weighted by Crippen LogP contribution is -2.59. The van der Waals surface area contributed by atoms with Crippen molar-refractivity contribution in [3.05, 3.63) is 29.8 Å². The maximum Gasteiger partial charge on any atom is 0.328 e. The van der Waals surface area contributed by atoms with Crippen LogP contribution in [0.25, 0.3) is 0 Å². The van der Waals surface area contributed by atoms with E-state index >= 15 is 0 Å². The number of carbonyl (C=O) groups is 3. The average molecular weight is 292 g/mol. The topological polar surface area (TPSA) is 107 Å². The van der Waals surface area contributed by atoms with Crippen molar-refractivity contribution in [2.45, 2.75) is 18.9 Å². The van der Waals surface area contributed by atoms with Gasteiger partial charge >= 0.3 is 5.97 Å². The average Bonchev–Trinajstić information content (AvgIpc) is 2.45. The summed E-state index contributed by atoms with van der Waals surface area (Å²) in [5, 5.41) is 21.1. The number of piperazine rings is 1. The third kappa shape index (κ3) is 3.50. The zero-order chi connectivity index (χ0) is 15.4. The monoisotopic (exact) mass is 292 g/mol. The highest BCUT2D eigenvalue weighted by Crippen LogP contribution is 2.18. The first-order valence-electron chi connectivity index (χ1n) is 6.55. The van der Waals surface area contributed by atoms with Crippen LogP contribution in [0, 0.1) is 0 Å². The van der Waals surface area contributed by atoms with E-state index in [0.717, 1.165) is 4.90 Å². The van der Waals surface area contributed by atoms with E-state index in [1.165, 1.54) is 6.07 Å². The number of hydrogen-bond donors (Lipinski definition) is 3. The smallest absolute Gasteiger partial charge is 0.328 e. The van der Waals surface area contributed by atoms with E-state index in [2.05, 4.69) is 5.32 Å². The maximum absolute atomic E-state index is 12.1. The molecule has 2 amide bonds. The lowest BCUT2D eigenvalue weighted by Gasteiger charge is -2.32. The van der Waals surface area contributed by atoms with Crippen molar-refractivity contribution in [3.63, 3.8) is 0 Å². The number of carboxylic acids is 1. The van der Waals surface area contributed by atoms with Crippen LogP contribution in [0.1, 0.15) is 12.0 Å². The van der Waals surface area contributed by atoms with Gasteiger partial charge in [0.05, 0.1) is 0 Å². The third-order valence-electron chi connectivity index (χ3n) is 3.39. The zero-order valence-electron chi connectivity index (χ0n) is 11.3. The summed E-state index contributed by atoms with van der Waals surface area (Å²) in [5.74, 6) is -1.84. The summed E-state index contributed by atoms with van der Waals surface area (Å²) in [5.41, 5.74) is 0.610. The van der Waals surface area contributed by atoms with Gasteiger partial charge in [-0.15, -0.1) is 0 Å². The second kappa shape index (κ2) is 6.25. The van der Waals surface area contributed by atoms with Crippen molar-refractivity contribution in [2.75, 3.05) is 13.1 Å². The molecule has 1 aliphatic rings. The molecule has 1 saturated heterocycles. The highest BCUT2D eigenvalue weighted by atomic mass is 16.4. The minimum absolute atomic E-state index is 0.0363. The van der Waals surface area contributed by atoms with Crippen molar-refractivity contribution < 1.29 is 24.6 Å². The predicted molar refractivity (Wildman–Crippen MR) is 72.6 cm³/mol. The number of benzene rings is 1. The number of carbonyl (C=O) groups excluding carboxylic acids is 2. The first-order valence-corrected chi connectivity index (χ1v) is 6.55. The molecule has 1 aromatic carbocycles. The van der Waals surface area contributed by atoms with Gasteiger partial charge < -0.3 is 20.4 Å². The number of phenols is 1. The molecule has 0 saturated carbocycles. The van der Waals surface area contributed by atoms with Gasteiger partial charge in [-0.2, -0.15) is 0 Å². The molecule has 0 bridgehead atoms. The summed E-state index contributed by atoms with van der Waals surface area (Å²) in [4.78, 5) is 35.7. The normalized spacial score (nSPS) is 18.2. The molecule has 0 aliphatic carbocycles. The molecule has 1 unspecified atom stereocenters. The van der Waals surface area contributed by atoms with E-state index in [4.69, 9.17) is 5.11 Å². The van der Waals surface area contributed by atoms with Gasteiger partial charge in [0.1, 0.15) is 18.3 Å². The number of rotatable bonds is 4. The van der Waals surface area contributed by atoms with Gasteiger partial charge in [0.2, 0.25) is 11.8 Å². The van der Waals surface area contributed by atoms with Gasteiger partial charge in [0, 0.05) is 13.0 Å². The number of hydrogen-bond acceptors (Lipinski definition) is 4. The minimum atomic E-state index is -1.15. The first-order chi connectivity index (χ1) is 9.99. The van der Waals surface area contributed by atoms with Crippen molar-refractivity contribution >= 4 is 17.8 Å². The molecule has 0 radical (unpaired) electrons. The molecule has 21 heavy (non-hydrogen) atoms. The van der Waals surface area contributed by atoms with Crippen LogP contribution in [0.3, 0.4) is 0 Å². The molecule has 3 N–H and O–H groups in total. The fraction of sp³-hybridized carbons (Fsp3) is 0.357. The highest BCUT2D eigenvalue weighted by molar-refractivity contribution is 5.91. The highest BCUT2D eigenvalue weighted by Gasteiger charge is 2.34. The molecule has 1 aliphatic heterocycles. The molecule has 0 aromatic heterocycles. The van der Waals surface area contributed by atoms with Gasteiger partial charge in [-0.3, -0.25) is 9.59 Å². The Bertz CT molecular complexity index is 572. The molecule has 112 valence electrons. The molecule has 7 nitrogen and oxygen atoms in total. The Morgan fingerprint density at radius 1 is 1.33 bits per heavy atom. The summed E-state index contributed by atoms with van der Waals surface area (Å²) < 4.78 is 0. The number of nitrogens with one attached hydrogen (secondary N) is 1. The third-order valence-corrected chi connectivity index (χ3v) is 3.39. The van der Waals surface area contributed by atoms with E-state index in [0.29, 0.717) is 5.56 Å². The molecule has 1 heterocycles. The van der Waals surface area contributed by atoms with Crippen molar-refractivity contribution in [1.82, 2.24) is 10.2 Å². The number of phenolic OH excluding ortho intramolecular Hbond substituents is 1. The summed E-state index contributed by atoms with van der Waals surface area (Å²) in [6.45, 7) is -0.340. The van der Waals surface area contributed by atoms with Crippen molar-refractivity contribution in [3.8, 4) is 5.75 Å². The molecule has 1 fully saturated rings. The second-order valence-electron chi connectivity index (χ2n) is 4.81. The molecule has 1 aromatic rings. The Morgan fingerprint density at radius 3 is 2.71 bits per heavy atom. The number of aliphatic carboxylic acids is 1. The van der Waals surface area contributed by atoms with Crippen LogP contribution in [-0.4, -0.2) is 52.0 Å². The fourth-order valence-electron chi connectivity index (χ4n) is 2.23. The quantitative estimate of drug-likeness (QED) is 0.708. The van der Waals surface area contributed by atoms with Crippen LogP contribution in [0.2, 0.25) is 0 Å². The van der Waals surface area contributed by atoms with Gasteiger partial charge in [0.15, 0.2) is 0 Å². The Hall–Kier alpha value is -2.57. The fourth-order valence-corrected chi connectivity index (χ4v) is 2.23. The standard InChI is InChI=1S/C14H16N2O5/c17-11-4-2-1-3-9(11)5-6-13(19)16-8-12(18)15-7-10(16)14(20)21/h1-4,10,17H,5-8H2,(H,15,18)(H,20,21). The van der Waals surface area contributed by atoms with Gasteiger partial charge in [-0.05, 0) is 18.1 Å². The Balaban J connectivity index is 2.02. The number of carboxylic acid groups (broad SMARTS) is 1. The molecule has 7 heteroatoms. The summed E-state index contributed by atoms with van der Waals surface area (Å²) in [6, 6.07) is 5.60. The first kappa shape index (κ1) is 14.8. The SMILES string of the molecule is O=C1CN(C(=O)CCc2ccccc2O)C(C(=O)O)CN1. The number of aromatic hydroxyl groups is 1. The van der Waals surface area contributed by atoms with Crippen LogP contribution < -0.4 is 5.32 Å². The van der Waals surface area contributed by atoms with Crippen molar-refractivity contribution in [1.29, 1.82) is 0 Å². The van der Waals surface area contributed by atoms with E-state index in [9.17, 15) is 19.5 Å². The second-order valence-corrected chi connectivity index (χ2v) is 4.81. The Kier molecular flexibility index (Phi) is 4.42. The number of amides is 2. The van der Waals surface area contributed by atoms with Crippen LogP contribution in [0.5, 0.6) is 5.75 Å². The molecule has 0 spiro atoms. The lowest BCUT2D eigenvalue weighted by atomic mass is 10.1. The van der Waals surface area contributed by atoms with E-state index in [1.54, 1.807) is 18.2 Å². The Labute approximate surface area is 121 Å². The van der Waals surface area contributed by atoms with Gasteiger partial charge in [-0.1, -0.05) is 18.2 Å². The summed E-state index contributed by atoms with van der Waals surface area (Å²) in [6.07, 6.45) is 0.324. The van der Waals surface area contributed by atoms with E-state index in [1.807, 2.05) is 0 Å². The predicted octanol–water partition coefficient (Wildman–Crippen LogP) is -0.264. The van der Waals surface area contributed by atoms with Gasteiger partial charge in [0.25, 0.3) is 0 Å². The molecular formula is C14H16N2O5. The lowest BCUT2D eigenvalue weighted by molar-refractivity contribution is -0.154. The number of aryl methyl sites for hydroxylation is 1. The van der Waals surface area contributed by atoms with Crippen LogP contribution in [0.4, 0.5) is 0 Å². The van der Waals surface area contributed by atoms with Gasteiger partial charge in [-0.25, -0.2) is 4.79 Å².